The first kappa shape index (κ1) is 21.2. The first-order chi connectivity index (χ1) is 14.7. The van der Waals surface area contributed by atoms with Crippen molar-refractivity contribution in [2.45, 2.75) is 42.9 Å². The number of rotatable bonds is 4. The lowest BCUT2D eigenvalue weighted by molar-refractivity contribution is -0.00373. The Labute approximate surface area is 194 Å². The number of hydrogen-bond donors (Lipinski definition) is 2. The van der Waals surface area contributed by atoms with Gasteiger partial charge < -0.3 is 9.84 Å². The highest BCUT2D eigenvalue weighted by Gasteiger charge is 2.49. The molecule has 164 valence electrons. The standard InChI is InChI=1S/C23H23IO6S/c24-19-3-1-2-17(22(19)25)23(26)30-16-4-5-20(31(27,28)29)18(11-16)21-14-7-12-6-13(9-14)10-15(21)8-12/h1-5,11-15,21,25H,6-10H2,(H,27,28,29). The summed E-state index contributed by atoms with van der Waals surface area (Å²) < 4.78 is 40.2. The van der Waals surface area contributed by atoms with Crippen molar-refractivity contribution in [2.24, 2.45) is 23.7 Å². The maximum atomic E-state index is 12.6. The summed E-state index contributed by atoms with van der Waals surface area (Å²) in [5.74, 6) is 1.60. The molecule has 4 fully saturated rings. The second kappa shape index (κ2) is 7.74. The van der Waals surface area contributed by atoms with Crippen LogP contribution in [0.4, 0.5) is 0 Å². The Kier molecular flexibility index (Phi) is 5.29. The van der Waals surface area contributed by atoms with E-state index in [9.17, 15) is 22.9 Å². The number of aromatic hydroxyl groups is 1. The predicted molar refractivity (Wildman–Crippen MR) is 122 cm³/mol. The summed E-state index contributed by atoms with van der Waals surface area (Å²) in [6.07, 6.45) is 5.62. The van der Waals surface area contributed by atoms with E-state index in [1.807, 2.05) is 22.6 Å². The van der Waals surface area contributed by atoms with E-state index in [4.69, 9.17) is 4.74 Å². The molecule has 2 N–H and O–H groups in total. The molecule has 0 saturated heterocycles. The van der Waals surface area contributed by atoms with Crippen LogP contribution in [-0.4, -0.2) is 24.0 Å². The minimum atomic E-state index is -4.41. The van der Waals surface area contributed by atoms with Crippen LogP contribution >= 0.6 is 22.6 Å². The molecular weight excluding hydrogens is 531 g/mol. The van der Waals surface area contributed by atoms with Gasteiger partial charge >= 0.3 is 5.97 Å². The number of para-hydroxylation sites is 1. The molecule has 2 aromatic rings. The van der Waals surface area contributed by atoms with Crippen molar-refractivity contribution in [1.29, 1.82) is 0 Å². The molecule has 0 atom stereocenters. The lowest BCUT2D eigenvalue weighted by atomic mass is 9.51. The molecule has 31 heavy (non-hydrogen) atoms. The molecule has 8 heteroatoms. The fourth-order valence-electron chi connectivity index (χ4n) is 6.36. The molecule has 0 radical (unpaired) electrons. The van der Waals surface area contributed by atoms with Crippen LogP contribution in [0, 0.1) is 27.2 Å². The molecule has 4 bridgehead atoms. The molecule has 4 aliphatic rings. The third-order valence-electron chi connectivity index (χ3n) is 7.26. The molecule has 2 aromatic carbocycles. The Morgan fingerprint density at radius 1 is 1.00 bits per heavy atom. The van der Waals surface area contributed by atoms with Crippen molar-refractivity contribution < 1.29 is 27.6 Å². The van der Waals surface area contributed by atoms with Gasteiger partial charge in [0, 0.05) is 0 Å². The van der Waals surface area contributed by atoms with Gasteiger partial charge in [-0.25, -0.2) is 4.79 Å². The summed E-state index contributed by atoms with van der Waals surface area (Å²) in [5, 5.41) is 10.2. The average molecular weight is 554 g/mol. The van der Waals surface area contributed by atoms with E-state index >= 15 is 0 Å². The molecule has 0 heterocycles. The van der Waals surface area contributed by atoms with Crippen LogP contribution in [0.15, 0.2) is 41.3 Å². The first-order valence-corrected chi connectivity index (χ1v) is 13.0. The monoisotopic (exact) mass is 554 g/mol. The molecular formula is C23H23IO6S. The van der Waals surface area contributed by atoms with Crippen LogP contribution in [-0.2, 0) is 10.1 Å². The van der Waals surface area contributed by atoms with Crippen molar-refractivity contribution in [3.63, 3.8) is 0 Å². The predicted octanol–water partition coefficient (Wildman–Crippen LogP) is 5.00. The highest BCUT2D eigenvalue weighted by atomic mass is 127. The van der Waals surface area contributed by atoms with Gasteiger partial charge in [-0.1, -0.05) is 6.07 Å². The largest absolute Gasteiger partial charge is 0.506 e. The summed E-state index contributed by atoms with van der Waals surface area (Å²) in [6.45, 7) is 0. The van der Waals surface area contributed by atoms with Gasteiger partial charge in [0.15, 0.2) is 0 Å². The van der Waals surface area contributed by atoms with E-state index in [0.717, 1.165) is 37.5 Å². The second-order valence-electron chi connectivity index (χ2n) is 9.16. The third-order valence-corrected chi connectivity index (χ3v) is 9.06. The number of carbonyl (C=O) groups excluding carboxylic acids is 1. The summed E-state index contributed by atoms with van der Waals surface area (Å²) in [7, 11) is -4.41. The van der Waals surface area contributed by atoms with Gasteiger partial charge in [0.1, 0.15) is 17.1 Å². The van der Waals surface area contributed by atoms with Crippen LogP contribution in [0.5, 0.6) is 11.5 Å². The van der Waals surface area contributed by atoms with Gasteiger partial charge in [-0.3, -0.25) is 4.55 Å². The van der Waals surface area contributed by atoms with Crippen molar-refractivity contribution in [3.8, 4) is 11.5 Å². The minimum Gasteiger partial charge on any atom is -0.506 e. The fourth-order valence-corrected chi connectivity index (χ4v) is 7.59. The zero-order chi connectivity index (χ0) is 21.9. The lowest BCUT2D eigenvalue weighted by Crippen LogP contribution is -2.44. The third kappa shape index (κ3) is 3.87. The maximum absolute atomic E-state index is 12.6. The molecule has 4 aliphatic carbocycles. The van der Waals surface area contributed by atoms with Gasteiger partial charge in [-0.15, -0.1) is 0 Å². The number of phenols is 1. The van der Waals surface area contributed by atoms with Crippen LogP contribution in [0.2, 0.25) is 0 Å². The Morgan fingerprint density at radius 2 is 1.65 bits per heavy atom. The normalized spacial score (nSPS) is 29.2. The zero-order valence-electron chi connectivity index (χ0n) is 16.7. The molecule has 0 unspecified atom stereocenters. The lowest BCUT2D eigenvalue weighted by Gasteiger charge is -2.54. The molecule has 4 saturated carbocycles. The number of benzene rings is 2. The van der Waals surface area contributed by atoms with Gasteiger partial charge in [-0.05, 0) is 120 Å². The summed E-state index contributed by atoms with van der Waals surface area (Å²) >= 11 is 1.93. The Morgan fingerprint density at radius 3 is 2.26 bits per heavy atom. The van der Waals surface area contributed by atoms with Crippen molar-refractivity contribution in [2.75, 3.05) is 0 Å². The maximum Gasteiger partial charge on any atom is 0.347 e. The highest BCUT2D eigenvalue weighted by molar-refractivity contribution is 14.1. The molecule has 0 aliphatic heterocycles. The Bertz CT molecular complexity index is 1130. The van der Waals surface area contributed by atoms with Crippen molar-refractivity contribution in [1.82, 2.24) is 0 Å². The van der Waals surface area contributed by atoms with E-state index in [-0.39, 0.29) is 27.9 Å². The van der Waals surface area contributed by atoms with E-state index in [1.54, 1.807) is 18.2 Å². The fraction of sp³-hybridized carbons (Fsp3) is 0.435. The van der Waals surface area contributed by atoms with Gasteiger partial charge in [-0.2, -0.15) is 8.42 Å². The van der Waals surface area contributed by atoms with Crippen LogP contribution in [0.3, 0.4) is 0 Å². The van der Waals surface area contributed by atoms with Crippen molar-refractivity contribution >= 4 is 38.7 Å². The summed E-state index contributed by atoms with van der Waals surface area (Å²) in [6, 6.07) is 9.11. The molecule has 0 amide bonds. The van der Waals surface area contributed by atoms with Crippen LogP contribution < -0.4 is 4.74 Å². The van der Waals surface area contributed by atoms with E-state index < -0.39 is 16.1 Å². The van der Waals surface area contributed by atoms with Crippen LogP contribution in [0.1, 0.15) is 53.9 Å². The quantitative estimate of drug-likeness (QED) is 0.239. The number of halogens is 1. The summed E-state index contributed by atoms with van der Waals surface area (Å²) in [4.78, 5) is 12.6. The van der Waals surface area contributed by atoms with Crippen LogP contribution in [0.25, 0.3) is 0 Å². The summed E-state index contributed by atoms with van der Waals surface area (Å²) in [5.41, 5.74) is 0.593. The van der Waals surface area contributed by atoms with Crippen molar-refractivity contribution in [3.05, 3.63) is 51.1 Å². The number of esters is 1. The van der Waals surface area contributed by atoms with E-state index in [0.29, 0.717) is 21.0 Å². The molecule has 0 aromatic heterocycles. The van der Waals surface area contributed by atoms with Gasteiger partial charge in [0.05, 0.1) is 8.47 Å². The second-order valence-corrected chi connectivity index (χ2v) is 11.7. The smallest absolute Gasteiger partial charge is 0.347 e. The van der Waals surface area contributed by atoms with E-state index in [1.165, 1.54) is 24.6 Å². The van der Waals surface area contributed by atoms with E-state index in [2.05, 4.69) is 0 Å². The topological polar surface area (TPSA) is 101 Å². The Hall–Kier alpha value is -1.65. The van der Waals surface area contributed by atoms with Gasteiger partial charge in [0.2, 0.25) is 0 Å². The number of phenolic OH excluding ortho intramolecular Hbond substituents is 1. The number of hydrogen-bond acceptors (Lipinski definition) is 5. The highest BCUT2D eigenvalue weighted by Crippen LogP contribution is 2.60. The number of carbonyl (C=O) groups is 1. The molecule has 6 nitrogen and oxygen atoms in total. The molecule has 6 rings (SSSR count). The SMILES string of the molecule is O=C(Oc1ccc(S(=O)(=O)O)c(C2C3CC4CC(C3)CC2C4)c1)c1cccc(I)c1O. The molecule has 0 spiro atoms. The first-order valence-electron chi connectivity index (χ1n) is 10.5. The number of ether oxygens (including phenoxy) is 1. The average Bonchev–Trinajstić information content (AvgIpc) is 2.68. The van der Waals surface area contributed by atoms with Gasteiger partial charge in [0.25, 0.3) is 10.1 Å². The zero-order valence-corrected chi connectivity index (χ0v) is 19.7. The minimum absolute atomic E-state index is 0.0365. The Balaban J connectivity index is 1.51.